The average molecular weight is 185 g/mol. The summed E-state index contributed by atoms with van der Waals surface area (Å²) in [5, 5.41) is 0. The Balaban J connectivity index is 2.54. The lowest BCUT2D eigenvalue weighted by molar-refractivity contribution is -0.0922. The third kappa shape index (κ3) is 3.65. The summed E-state index contributed by atoms with van der Waals surface area (Å²) < 4.78 is 5.83. The minimum Gasteiger partial charge on any atom is -0.375 e. The van der Waals surface area contributed by atoms with E-state index in [2.05, 4.69) is 27.7 Å². The van der Waals surface area contributed by atoms with Crippen LogP contribution >= 0.6 is 0 Å². The molecule has 1 heterocycles. The van der Waals surface area contributed by atoms with Crippen LogP contribution in [0.15, 0.2) is 0 Å². The smallest absolute Gasteiger partial charge is 0.0674 e. The Hall–Kier alpha value is -0.0800. The molecule has 0 aliphatic carbocycles. The van der Waals surface area contributed by atoms with Crippen molar-refractivity contribution in [3.05, 3.63) is 0 Å². The van der Waals surface area contributed by atoms with Gasteiger partial charge in [-0.05, 0) is 31.6 Å². The van der Waals surface area contributed by atoms with E-state index >= 15 is 0 Å². The van der Waals surface area contributed by atoms with Crippen molar-refractivity contribution in [2.75, 3.05) is 6.61 Å². The number of hydrogen-bond acceptors (Lipinski definition) is 2. The van der Waals surface area contributed by atoms with Crippen LogP contribution in [0.5, 0.6) is 0 Å². The molecule has 2 unspecified atom stereocenters. The zero-order chi connectivity index (χ0) is 10.1. The molecule has 0 bridgehead atoms. The van der Waals surface area contributed by atoms with Gasteiger partial charge in [0, 0.05) is 12.6 Å². The lowest BCUT2D eigenvalue weighted by atomic mass is 9.78. The SMILES string of the molecule is CC(C)(C)CC1(C)CC(N)CCO1. The molecule has 2 heteroatoms. The largest absolute Gasteiger partial charge is 0.375 e. The van der Waals surface area contributed by atoms with E-state index in [1.807, 2.05) is 0 Å². The summed E-state index contributed by atoms with van der Waals surface area (Å²) in [4.78, 5) is 0. The Bertz CT molecular complexity index is 173. The van der Waals surface area contributed by atoms with Crippen LogP contribution in [0, 0.1) is 5.41 Å². The molecule has 0 saturated carbocycles. The van der Waals surface area contributed by atoms with Gasteiger partial charge >= 0.3 is 0 Å². The predicted octanol–water partition coefficient (Wildman–Crippen LogP) is 2.32. The highest BCUT2D eigenvalue weighted by Crippen LogP contribution is 2.35. The van der Waals surface area contributed by atoms with Crippen molar-refractivity contribution in [3.63, 3.8) is 0 Å². The average Bonchev–Trinajstić information content (AvgIpc) is 1.79. The zero-order valence-corrected chi connectivity index (χ0v) is 9.39. The van der Waals surface area contributed by atoms with Crippen molar-refractivity contribution in [1.82, 2.24) is 0 Å². The van der Waals surface area contributed by atoms with Gasteiger partial charge < -0.3 is 10.5 Å². The second-order valence-corrected chi connectivity index (χ2v) is 5.79. The van der Waals surface area contributed by atoms with Crippen molar-refractivity contribution in [2.24, 2.45) is 11.1 Å². The molecule has 0 aromatic rings. The second kappa shape index (κ2) is 3.58. The van der Waals surface area contributed by atoms with Crippen LogP contribution in [-0.2, 0) is 4.74 Å². The molecular formula is C11H23NO. The number of ether oxygens (including phenoxy) is 1. The molecule has 0 aromatic carbocycles. The highest BCUT2D eigenvalue weighted by atomic mass is 16.5. The minimum absolute atomic E-state index is 0.00984. The van der Waals surface area contributed by atoms with Gasteiger partial charge in [-0.3, -0.25) is 0 Å². The maximum absolute atomic E-state index is 5.95. The summed E-state index contributed by atoms with van der Waals surface area (Å²) in [6.45, 7) is 9.77. The fourth-order valence-corrected chi connectivity index (χ4v) is 2.42. The van der Waals surface area contributed by atoms with Crippen LogP contribution in [-0.4, -0.2) is 18.2 Å². The molecule has 2 N–H and O–H groups in total. The van der Waals surface area contributed by atoms with E-state index < -0.39 is 0 Å². The summed E-state index contributed by atoms with van der Waals surface area (Å²) >= 11 is 0. The third-order valence-corrected chi connectivity index (χ3v) is 2.54. The summed E-state index contributed by atoms with van der Waals surface area (Å²) in [7, 11) is 0. The van der Waals surface area contributed by atoms with E-state index in [-0.39, 0.29) is 5.60 Å². The summed E-state index contributed by atoms with van der Waals surface area (Å²) in [6, 6.07) is 0.334. The van der Waals surface area contributed by atoms with Crippen molar-refractivity contribution in [3.8, 4) is 0 Å². The Labute approximate surface area is 81.8 Å². The van der Waals surface area contributed by atoms with Crippen LogP contribution in [0.25, 0.3) is 0 Å². The molecule has 1 saturated heterocycles. The molecule has 0 amide bonds. The van der Waals surface area contributed by atoms with Gasteiger partial charge in [-0.15, -0.1) is 0 Å². The normalized spacial score (nSPS) is 36.2. The zero-order valence-electron chi connectivity index (χ0n) is 9.39. The first-order valence-corrected chi connectivity index (χ1v) is 5.20. The van der Waals surface area contributed by atoms with Crippen LogP contribution < -0.4 is 5.73 Å². The standard InChI is InChI=1S/C11H23NO/c1-10(2,3)8-11(4)7-9(12)5-6-13-11/h9H,5-8,12H2,1-4H3. The van der Waals surface area contributed by atoms with E-state index in [4.69, 9.17) is 10.5 Å². The van der Waals surface area contributed by atoms with Crippen LogP contribution in [0.4, 0.5) is 0 Å². The number of rotatable bonds is 1. The molecule has 1 aliphatic rings. The fourth-order valence-electron chi connectivity index (χ4n) is 2.42. The van der Waals surface area contributed by atoms with Crippen molar-refractivity contribution in [2.45, 2.75) is 58.6 Å². The highest BCUT2D eigenvalue weighted by Gasteiger charge is 2.35. The van der Waals surface area contributed by atoms with Crippen molar-refractivity contribution < 1.29 is 4.74 Å². The summed E-state index contributed by atoms with van der Waals surface area (Å²) in [6.07, 6.45) is 3.11. The van der Waals surface area contributed by atoms with E-state index in [1.165, 1.54) is 0 Å². The lowest BCUT2D eigenvalue weighted by Crippen LogP contribution is -2.44. The Morgan fingerprint density at radius 2 is 2.08 bits per heavy atom. The topological polar surface area (TPSA) is 35.2 Å². The molecule has 0 aromatic heterocycles. The fraction of sp³-hybridized carbons (Fsp3) is 1.00. The van der Waals surface area contributed by atoms with Gasteiger partial charge in [0.05, 0.1) is 5.60 Å². The molecular weight excluding hydrogens is 162 g/mol. The molecule has 0 radical (unpaired) electrons. The van der Waals surface area contributed by atoms with Gasteiger partial charge in [-0.2, -0.15) is 0 Å². The molecule has 1 rings (SSSR count). The van der Waals surface area contributed by atoms with Crippen LogP contribution in [0.3, 0.4) is 0 Å². The maximum atomic E-state index is 5.95. The minimum atomic E-state index is 0.00984. The van der Waals surface area contributed by atoms with Gasteiger partial charge in [0.2, 0.25) is 0 Å². The Morgan fingerprint density at radius 1 is 1.46 bits per heavy atom. The molecule has 2 atom stereocenters. The van der Waals surface area contributed by atoms with E-state index in [0.717, 1.165) is 25.9 Å². The number of nitrogens with two attached hydrogens (primary N) is 1. The van der Waals surface area contributed by atoms with Gasteiger partial charge in [0.25, 0.3) is 0 Å². The Morgan fingerprint density at radius 3 is 2.54 bits per heavy atom. The first-order valence-electron chi connectivity index (χ1n) is 5.20. The monoisotopic (exact) mass is 185 g/mol. The Kier molecular flexibility index (Phi) is 3.03. The predicted molar refractivity (Wildman–Crippen MR) is 55.6 cm³/mol. The first-order chi connectivity index (χ1) is 5.81. The van der Waals surface area contributed by atoms with E-state index in [9.17, 15) is 0 Å². The molecule has 1 fully saturated rings. The summed E-state index contributed by atoms with van der Waals surface area (Å²) in [5.74, 6) is 0. The second-order valence-electron chi connectivity index (χ2n) is 5.79. The third-order valence-electron chi connectivity index (χ3n) is 2.54. The molecule has 13 heavy (non-hydrogen) atoms. The summed E-state index contributed by atoms with van der Waals surface area (Å²) in [5.41, 5.74) is 6.28. The van der Waals surface area contributed by atoms with Gasteiger partial charge in [-0.25, -0.2) is 0 Å². The van der Waals surface area contributed by atoms with Crippen molar-refractivity contribution in [1.29, 1.82) is 0 Å². The molecule has 2 nitrogen and oxygen atoms in total. The highest BCUT2D eigenvalue weighted by molar-refractivity contribution is 4.88. The van der Waals surface area contributed by atoms with Gasteiger partial charge in [0.1, 0.15) is 0 Å². The van der Waals surface area contributed by atoms with Gasteiger partial charge in [-0.1, -0.05) is 20.8 Å². The van der Waals surface area contributed by atoms with E-state index in [1.54, 1.807) is 0 Å². The lowest BCUT2D eigenvalue weighted by Gasteiger charge is -2.40. The first kappa shape index (κ1) is 11.0. The van der Waals surface area contributed by atoms with Gasteiger partial charge in [0.15, 0.2) is 0 Å². The quantitative estimate of drug-likeness (QED) is 0.680. The molecule has 0 spiro atoms. The molecule has 78 valence electrons. The van der Waals surface area contributed by atoms with Crippen LogP contribution in [0.1, 0.15) is 47.0 Å². The van der Waals surface area contributed by atoms with E-state index in [0.29, 0.717) is 11.5 Å². The van der Waals surface area contributed by atoms with Crippen LogP contribution in [0.2, 0.25) is 0 Å². The van der Waals surface area contributed by atoms with Crippen molar-refractivity contribution >= 4 is 0 Å². The maximum Gasteiger partial charge on any atom is 0.0674 e. The molecule has 1 aliphatic heterocycles. The number of hydrogen-bond donors (Lipinski definition) is 1.